The van der Waals surface area contributed by atoms with Crippen LogP contribution in [0.2, 0.25) is 0 Å². The normalized spacial score (nSPS) is 22.7. The fraction of sp³-hybridized carbons (Fsp3) is 0.286. The van der Waals surface area contributed by atoms with Gasteiger partial charge in [-0.3, -0.25) is 14.5 Å². The monoisotopic (exact) mass is 557 g/mol. The second-order valence-corrected chi connectivity index (χ2v) is 10.9. The van der Waals surface area contributed by atoms with E-state index in [4.69, 9.17) is 4.74 Å². The number of hydrogen-bond acceptors (Lipinski definition) is 8. The molecular weight excluding hydrogens is 530 g/mol. The van der Waals surface area contributed by atoms with Gasteiger partial charge in [0, 0.05) is 36.2 Å². The van der Waals surface area contributed by atoms with Gasteiger partial charge in [-0.2, -0.15) is 0 Å². The lowest BCUT2D eigenvalue weighted by Crippen LogP contribution is -2.53. The molecule has 3 aliphatic rings. The second-order valence-electron chi connectivity index (χ2n) is 9.80. The van der Waals surface area contributed by atoms with Crippen LogP contribution in [0.5, 0.6) is 11.8 Å². The molecule has 0 spiro atoms. The Morgan fingerprint density at radius 1 is 1.10 bits per heavy atom. The van der Waals surface area contributed by atoms with Gasteiger partial charge >= 0.3 is 12.0 Å². The lowest BCUT2D eigenvalue weighted by molar-refractivity contribution is -0.122. The van der Waals surface area contributed by atoms with Crippen LogP contribution in [0.1, 0.15) is 36.4 Å². The smallest absolute Gasteiger partial charge is 0.327 e. The Labute approximate surface area is 234 Å². The lowest BCUT2D eigenvalue weighted by atomic mass is 9.99. The Bertz CT molecular complexity index is 1500. The molecule has 0 bridgehead atoms. The van der Waals surface area contributed by atoms with E-state index in [1.807, 2.05) is 19.1 Å². The van der Waals surface area contributed by atoms with Crippen molar-refractivity contribution in [2.24, 2.45) is 0 Å². The average molecular weight is 558 g/mol. The van der Waals surface area contributed by atoms with Crippen LogP contribution in [0.15, 0.2) is 66.6 Å². The number of ether oxygens (including phenoxy) is 1. The number of thioether (sulfide) groups is 1. The van der Waals surface area contributed by atoms with E-state index in [1.165, 1.54) is 17.8 Å². The van der Waals surface area contributed by atoms with Crippen molar-refractivity contribution in [3.05, 3.63) is 72.7 Å². The van der Waals surface area contributed by atoms with Gasteiger partial charge < -0.3 is 20.7 Å². The Morgan fingerprint density at radius 2 is 1.88 bits per heavy atom. The first-order valence-electron chi connectivity index (χ1n) is 13.0. The van der Waals surface area contributed by atoms with Gasteiger partial charge in [-0.15, -0.1) is 0 Å². The highest BCUT2D eigenvalue weighted by Crippen LogP contribution is 2.51. The number of aryl methyl sites for hydroxylation is 1. The van der Waals surface area contributed by atoms with Gasteiger partial charge in [-0.1, -0.05) is 18.3 Å². The van der Waals surface area contributed by atoms with E-state index in [9.17, 15) is 14.4 Å². The molecule has 11 nitrogen and oxygen atoms in total. The van der Waals surface area contributed by atoms with Crippen LogP contribution in [-0.4, -0.2) is 50.1 Å². The predicted molar refractivity (Wildman–Crippen MR) is 148 cm³/mol. The summed E-state index contributed by atoms with van der Waals surface area (Å²) in [5, 5.41) is 9.18. The van der Waals surface area contributed by atoms with Crippen LogP contribution in [0.4, 0.5) is 16.2 Å². The molecule has 3 aromatic rings. The summed E-state index contributed by atoms with van der Waals surface area (Å²) in [4.78, 5) is 53.2. The molecule has 0 radical (unpaired) electrons. The molecule has 4 amide bonds. The number of rotatable bonds is 7. The van der Waals surface area contributed by atoms with Gasteiger partial charge in [0.1, 0.15) is 16.0 Å². The predicted octanol–water partition coefficient (Wildman–Crippen LogP) is 3.69. The summed E-state index contributed by atoms with van der Waals surface area (Å²) in [5.41, 5.74) is 2.98. The first-order valence-corrected chi connectivity index (χ1v) is 13.9. The van der Waals surface area contributed by atoms with E-state index in [0.29, 0.717) is 22.2 Å². The third kappa shape index (κ3) is 4.75. The second kappa shape index (κ2) is 10.6. The quantitative estimate of drug-likeness (QED) is 0.374. The standard InChI is InChI=1S/C28H27N7O4S/c1-3-21(36)32-17-6-4-7-18(17)33-25(37)24-23-22-20(10-13-29-26(22)40-24)35(28(38)34-23)19-9-8-16(14-15(19)2)39-27-30-11-5-12-31-27/h3,5,8-14,17-18,23-24H,1,4,6-7H2,2H3,(H,32,36)(H,33,37)(H,34,38)/t17-,18+,23?,24?/m0/s1. The summed E-state index contributed by atoms with van der Waals surface area (Å²) >= 11 is 1.34. The Hall–Kier alpha value is -4.45. The molecule has 1 aromatic carbocycles. The molecule has 1 aliphatic carbocycles. The summed E-state index contributed by atoms with van der Waals surface area (Å²) < 4.78 is 5.75. The van der Waals surface area contributed by atoms with E-state index in [-0.39, 0.29) is 35.9 Å². The summed E-state index contributed by atoms with van der Waals surface area (Å²) in [6.45, 7) is 5.40. The zero-order valence-electron chi connectivity index (χ0n) is 21.7. The van der Waals surface area contributed by atoms with Gasteiger partial charge in [0.05, 0.1) is 17.4 Å². The molecule has 0 saturated heterocycles. The highest BCUT2D eigenvalue weighted by molar-refractivity contribution is 8.01. The number of benzene rings is 1. The van der Waals surface area contributed by atoms with Crippen molar-refractivity contribution >= 4 is 41.0 Å². The van der Waals surface area contributed by atoms with E-state index < -0.39 is 11.3 Å². The molecule has 2 aliphatic heterocycles. The first kappa shape index (κ1) is 25.8. The van der Waals surface area contributed by atoms with Crippen molar-refractivity contribution in [3.8, 4) is 11.8 Å². The zero-order valence-corrected chi connectivity index (χ0v) is 22.5. The number of carbonyl (C=O) groups excluding carboxylic acids is 3. The third-order valence-electron chi connectivity index (χ3n) is 7.28. The first-order chi connectivity index (χ1) is 19.4. The third-order valence-corrected chi connectivity index (χ3v) is 8.57. The maximum Gasteiger partial charge on any atom is 0.327 e. The molecule has 204 valence electrons. The molecule has 1 fully saturated rings. The zero-order chi connectivity index (χ0) is 27.8. The number of amides is 4. The minimum atomic E-state index is -0.589. The number of anilines is 2. The van der Waals surface area contributed by atoms with Crippen LogP contribution >= 0.6 is 11.8 Å². The number of urea groups is 1. The summed E-state index contributed by atoms with van der Waals surface area (Å²) in [6, 6.07) is 7.91. The van der Waals surface area contributed by atoms with Crippen molar-refractivity contribution in [2.45, 2.75) is 54.6 Å². The van der Waals surface area contributed by atoms with E-state index >= 15 is 0 Å². The van der Waals surface area contributed by atoms with Gasteiger partial charge in [0.2, 0.25) is 11.8 Å². The number of hydrogen-bond donors (Lipinski definition) is 3. The summed E-state index contributed by atoms with van der Waals surface area (Å²) in [7, 11) is 0. The van der Waals surface area contributed by atoms with E-state index in [2.05, 4.69) is 37.5 Å². The minimum absolute atomic E-state index is 0.156. The highest BCUT2D eigenvalue weighted by atomic mass is 32.2. The van der Waals surface area contributed by atoms with E-state index in [1.54, 1.807) is 41.7 Å². The lowest BCUT2D eigenvalue weighted by Gasteiger charge is -2.35. The number of nitrogens with zero attached hydrogens (tertiary/aromatic N) is 4. The molecule has 2 aromatic heterocycles. The Kier molecular flexibility index (Phi) is 6.84. The largest absolute Gasteiger partial charge is 0.424 e. The van der Waals surface area contributed by atoms with Crippen LogP contribution in [0.25, 0.3) is 0 Å². The maximum atomic E-state index is 13.5. The minimum Gasteiger partial charge on any atom is -0.424 e. The molecule has 4 atom stereocenters. The molecule has 40 heavy (non-hydrogen) atoms. The molecular formula is C28H27N7O4S. The van der Waals surface area contributed by atoms with Gasteiger partial charge in [-0.05, 0) is 68.2 Å². The van der Waals surface area contributed by atoms with Crippen molar-refractivity contribution in [1.82, 2.24) is 30.9 Å². The van der Waals surface area contributed by atoms with Crippen LogP contribution < -0.4 is 25.6 Å². The van der Waals surface area contributed by atoms with Crippen LogP contribution in [-0.2, 0) is 9.59 Å². The number of pyridine rings is 1. The van der Waals surface area contributed by atoms with Gasteiger partial charge in [0.25, 0.3) is 0 Å². The highest BCUT2D eigenvalue weighted by Gasteiger charge is 2.47. The SMILES string of the molecule is C=CC(=O)N[C@H]1CCC[C@H]1NC(=O)C1Sc2nccc3c2C1NC(=O)N3c1ccc(Oc2ncccn2)cc1C. The molecule has 12 heteroatoms. The van der Waals surface area contributed by atoms with Crippen molar-refractivity contribution in [1.29, 1.82) is 0 Å². The fourth-order valence-electron chi connectivity index (χ4n) is 5.46. The van der Waals surface area contributed by atoms with E-state index in [0.717, 1.165) is 30.4 Å². The maximum absolute atomic E-state index is 13.5. The van der Waals surface area contributed by atoms with Crippen LogP contribution in [0, 0.1) is 6.92 Å². The number of carbonyl (C=O) groups is 3. The van der Waals surface area contributed by atoms with Gasteiger partial charge in [0.15, 0.2) is 0 Å². The summed E-state index contributed by atoms with van der Waals surface area (Å²) in [6.07, 6.45) is 8.53. The van der Waals surface area contributed by atoms with Crippen molar-refractivity contribution in [2.75, 3.05) is 4.90 Å². The van der Waals surface area contributed by atoms with Gasteiger partial charge in [-0.25, -0.2) is 19.7 Å². The molecule has 4 heterocycles. The van der Waals surface area contributed by atoms with Crippen molar-refractivity contribution < 1.29 is 19.1 Å². The summed E-state index contributed by atoms with van der Waals surface area (Å²) in [5.74, 6) is 0.0910. The Morgan fingerprint density at radius 3 is 2.62 bits per heavy atom. The fourth-order valence-corrected chi connectivity index (χ4v) is 6.70. The average Bonchev–Trinajstić information content (AvgIpc) is 3.55. The molecule has 1 saturated carbocycles. The number of aromatic nitrogens is 3. The molecule has 2 unspecified atom stereocenters. The Balaban J connectivity index is 1.23. The topological polar surface area (TPSA) is 138 Å². The number of nitrogens with one attached hydrogen (secondary N) is 3. The van der Waals surface area contributed by atoms with Crippen molar-refractivity contribution in [3.63, 3.8) is 0 Å². The van der Waals surface area contributed by atoms with Crippen LogP contribution in [0.3, 0.4) is 0 Å². The molecule has 6 rings (SSSR count). The molecule has 3 N–H and O–H groups in total.